The SMILES string of the molecule is COc1ccc(-c2cc(C(=O)N3CCN(C(=O)c4cccc(Cl)c4Cl)CC3)c3c(C)nn(-c4ccccc4)c3n2)cc1. The summed E-state index contributed by atoms with van der Waals surface area (Å²) in [6.45, 7) is 3.37. The second-order valence-corrected chi connectivity index (χ2v) is 10.8. The van der Waals surface area contributed by atoms with Crippen molar-refractivity contribution in [3.05, 3.63) is 106 Å². The first-order valence-electron chi connectivity index (χ1n) is 13.5. The van der Waals surface area contributed by atoms with Crippen LogP contribution in [-0.4, -0.2) is 69.7 Å². The van der Waals surface area contributed by atoms with Crippen LogP contribution in [-0.2, 0) is 0 Å². The minimum absolute atomic E-state index is 0.138. The Hall–Kier alpha value is -4.40. The van der Waals surface area contributed by atoms with Crippen molar-refractivity contribution < 1.29 is 14.3 Å². The predicted octanol–water partition coefficient (Wildman–Crippen LogP) is 6.31. The number of nitrogens with zero attached hydrogens (tertiary/aromatic N) is 5. The van der Waals surface area contributed by atoms with Crippen molar-refractivity contribution in [1.82, 2.24) is 24.6 Å². The zero-order valence-corrected chi connectivity index (χ0v) is 24.6. The fourth-order valence-corrected chi connectivity index (χ4v) is 5.62. The molecule has 1 aliphatic rings. The number of pyridine rings is 1. The Morgan fingerprint density at radius 2 is 1.45 bits per heavy atom. The average molecular weight is 601 g/mol. The Morgan fingerprint density at radius 1 is 0.810 bits per heavy atom. The van der Waals surface area contributed by atoms with E-state index < -0.39 is 0 Å². The normalized spacial score (nSPS) is 13.4. The monoisotopic (exact) mass is 599 g/mol. The van der Waals surface area contributed by atoms with Gasteiger partial charge in [-0.05, 0) is 61.5 Å². The standard InChI is InChI=1S/C32H27Cl2N5O3/c1-20-28-25(32(41)38-17-15-37(16-18-38)31(40)24-9-6-10-26(33)29(24)34)19-27(21-11-13-23(42-2)14-12-21)35-30(28)39(36-20)22-7-4-3-5-8-22/h3-14,19H,15-18H2,1-2H3. The number of carbonyl (C=O) groups excluding carboxylic acids is 2. The molecule has 0 N–H and O–H groups in total. The summed E-state index contributed by atoms with van der Waals surface area (Å²) in [5.74, 6) is 0.385. The van der Waals surface area contributed by atoms with E-state index in [0.29, 0.717) is 64.7 Å². The average Bonchev–Trinajstić information content (AvgIpc) is 3.38. The van der Waals surface area contributed by atoms with Crippen molar-refractivity contribution in [2.24, 2.45) is 0 Å². The summed E-state index contributed by atoms with van der Waals surface area (Å²) in [6.07, 6.45) is 0. The molecule has 0 atom stereocenters. The molecule has 1 fully saturated rings. The number of hydrogen-bond donors (Lipinski definition) is 0. The molecule has 212 valence electrons. The lowest BCUT2D eigenvalue weighted by Gasteiger charge is -2.35. The topological polar surface area (TPSA) is 80.6 Å². The van der Waals surface area contributed by atoms with Gasteiger partial charge in [0.25, 0.3) is 11.8 Å². The molecule has 2 aromatic heterocycles. The van der Waals surface area contributed by atoms with E-state index in [-0.39, 0.29) is 16.8 Å². The summed E-state index contributed by atoms with van der Waals surface area (Å²) in [4.78, 5) is 35.8. The largest absolute Gasteiger partial charge is 0.497 e. The second kappa shape index (κ2) is 11.5. The number of methoxy groups -OCH3 is 1. The number of aromatic nitrogens is 3. The van der Waals surface area contributed by atoms with Gasteiger partial charge >= 0.3 is 0 Å². The summed E-state index contributed by atoms with van der Waals surface area (Å²) >= 11 is 12.4. The maximum Gasteiger partial charge on any atom is 0.255 e. The zero-order valence-electron chi connectivity index (χ0n) is 23.1. The van der Waals surface area contributed by atoms with Gasteiger partial charge in [-0.3, -0.25) is 9.59 Å². The molecule has 3 aromatic carbocycles. The van der Waals surface area contributed by atoms with Crippen LogP contribution in [0.4, 0.5) is 0 Å². The fraction of sp³-hybridized carbons (Fsp3) is 0.188. The van der Waals surface area contributed by atoms with E-state index in [9.17, 15) is 9.59 Å². The molecule has 0 saturated carbocycles. The number of benzene rings is 3. The molecule has 3 heterocycles. The zero-order chi connectivity index (χ0) is 29.4. The van der Waals surface area contributed by atoms with Crippen molar-refractivity contribution >= 4 is 46.0 Å². The number of aryl methyl sites for hydroxylation is 1. The van der Waals surface area contributed by atoms with E-state index >= 15 is 0 Å². The fourth-order valence-electron chi connectivity index (χ4n) is 5.24. The lowest BCUT2D eigenvalue weighted by molar-refractivity contribution is 0.0536. The molecular formula is C32H27Cl2N5O3. The number of ether oxygens (including phenoxy) is 1. The Bertz CT molecular complexity index is 1800. The molecular weight excluding hydrogens is 573 g/mol. The molecule has 0 radical (unpaired) electrons. The van der Waals surface area contributed by atoms with E-state index in [1.807, 2.05) is 67.6 Å². The van der Waals surface area contributed by atoms with Crippen LogP contribution in [0.5, 0.6) is 5.75 Å². The summed E-state index contributed by atoms with van der Waals surface area (Å²) in [6, 6.07) is 24.1. The van der Waals surface area contributed by atoms with Gasteiger partial charge in [-0.15, -0.1) is 0 Å². The van der Waals surface area contributed by atoms with Gasteiger partial charge in [0.15, 0.2) is 5.65 Å². The number of piperazine rings is 1. The van der Waals surface area contributed by atoms with Crippen LogP contribution in [0.15, 0.2) is 78.9 Å². The molecule has 1 aliphatic heterocycles. The highest BCUT2D eigenvalue weighted by molar-refractivity contribution is 6.43. The lowest BCUT2D eigenvalue weighted by Crippen LogP contribution is -2.50. The van der Waals surface area contributed by atoms with Crippen LogP contribution in [0, 0.1) is 6.92 Å². The number of hydrogen-bond acceptors (Lipinski definition) is 5. The first-order valence-corrected chi connectivity index (χ1v) is 14.2. The van der Waals surface area contributed by atoms with E-state index in [1.54, 1.807) is 39.8 Å². The summed E-state index contributed by atoms with van der Waals surface area (Å²) in [7, 11) is 1.62. The highest BCUT2D eigenvalue weighted by Crippen LogP contribution is 2.31. The number of fused-ring (bicyclic) bond motifs is 1. The van der Waals surface area contributed by atoms with Gasteiger partial charge in [0.05, 0.1) is 50.7 Å². The second-order valence-electron chi connectivity index (χ2n) is 10.0. The maximum atomic E-state index is 14.1. The molecule has 10 heteroatoms. The first-order chi connectivity index (χ1) is 20.4. The summed E-state index contributed by atoms with van der Waals surface area (Å²) in [5, 5.41) is 6.05. The van der Waals surface area contributed by atoms with Gasteiger partial charge in [0.1, 0.15) is 5.75 Å². The number of rotatable bonds is 5. The molecule has 6 rings (SSSR count). The third-order valence-electron chi connectivity index (χ3n) is 7.47. The maximum absolute atomic E-state index is 14.1. The minimum atomic E-state index is -0.206. The quantitative estimate of drug-likeness (QED) is 0.236. The van der Waals surface area contributed by atoms with Crippen molar-refractivity contribution in [2.45, 2.75) is 6.92 Å². The van der Waals surface area contributed by atoms with E-state index in [0.717, 1.165) is 17.0 Å². The lowest BCUT2D eigenvalue weighted by atomic mass is 10.0. The van der Waals surface area contributed by atoms with Crippen molar-refractivity contribution in [2.75, 3.05) is 33.3 Å². The molecule has 42 heavy (non-hydrogen) atoms. The van der Waals surface area contributed by atoms with E-state index in [4.69, 9.17) is 38.0 Å². The van der Waals surface area contributed by atoms with Gasteiger partial charge in [0.2, 0.25) is 0 Å². The summed E-state index contributed by atoms with van der Waals surface area (Å²) < 4.78 is 7.10. The van der Waals surface area contributed by atoms with Gasteiger partial charge in [0, 0.05) is 31.7 Å². The van der Waals surface area contributed by atoms with E-state index in [1.165, 1.54) is 0 Å². The van der Waals surface area contributed by atoms with Crippen LogP contribution in [0.3, 0.4) is 0 Å². The number of halogens is 2. The molecule has 2 amide bonds. The van der Waals surface area contributed by atoms with Gasteiger partial charge in [-0.1, -0.05) is 47.5 Å². The molecule has 0 unspecified atom stereocenters. The minimum Gasteiger partial charge on any atom is -0.497 e. The number of amides is 2. The van der Waals surface area contributed by atoms with Crippen LogP contribution in [0.25, 0.3) is 28.0 Å². The van der Waals surface area contributed by atoms with E-state index in [2.05, 4.69) is 0 Å². The third-order valence-corrected chi connectivity index (χ3v) is 8.28. The molecule has 8 nitrogen and oxygen atoms in total. The number of carbonyl (C=O) groups is 2. The smallest absolute Gasteiger partial charge is 0.255 e. The van der Waals surface area contributed by atoms with Crippen LogP contribution >= 0.6 is 23.2 Å². The van der Waals surface area contributed by atoms with Crippen molar-refractivity contribution in [3.8, 4) is 22.7 Å². The Kier molecular flexibility index (Phi) is 7.58. The molecule has 0 aliphatic carbocycles. The third kappa shape index (κ3) is 5.08. The molecule has 1 saturated heterocycles. The number of para-hydroxylation sites is 1. The Labute approximate surface area is 253 Å². The van der Waals surface area contributed by atoms with Gasteiger partial charge in [-0.25, -0.2) is 9.67 Å². The van der Waals surface area contributed by atoms with Crippen molar-refractivity contribution in [1.29, 1.82) is 0 Å². The van der Waals surface area contributed by atoms with Gasteiger partial charge in [-0.2, -0.15) is 5.10 Å². The predicted molar refractivity (Wildman–Crippen MR) is 164 cm³/mol. The van der Waals surface area contributed by atoms with Crippen LogP contribution in [0.1, 0.15) is 26.4 Å². The van der Waals surface area contributed by atoms with Crippen LogP contribution in [0.2, 0.25) is 10.0 Å². The highest BCUT2D eigenvalue weighted by Gasteiger charge is 2.29. The molecule has 0 bridgehead atoms. The van der Waals surface area contributed by atoms with Crippen LogP contribution < -0.4 is 4.74 Å². The summed E-state index contributed by atoms with van der Waals surface area (Å²) in [5.41, 5.74) is 4.51. The molecule has 0 spiro atoms. The highest BCUT2D eigenvalue weighted by atomic mass is 35.5. The first kappa shape index (κ1) is 27.8. The molecule has 5 aromatic rings. The van der Waals surface area contributed by atoms with Gasteiger partial charge < -0.3 is 14.5 Å². The Balaban J connectivity index is 1.35. The van der Waals surface area contributed by atoms with Crippen molar-refractivity contribution in [3.63, 3.8) is 0 Å². The Morgan fingerprint density at radius 3 is 2.10 bits per heavy atom.